The number of nitrogens with zero attached hydrogens (tertiary/aromatic N) is 3. The second kappa shape index (κ2) is 5.89. The third-order valence-electron chi connectivity index (χ3n) is 3.49. The number of imidazole rings is 1. The van der Waals surface area contributed by atoms with Gasteiger partial charge in [-0.3, -0.25) is 0 Å². The Kier molecular flexibility index (Phi) is 4.22. The summed E-state index contributed by atoms with van der Waals surface area (Å²) in [5.74, 6) is 1.04. The van der Waals surface area contributed by atoms with Crippen LogP contribution in [-0.4, -0.2) is 16.6 Å². The summed E-state index contributed by atoms with van der Waals surface area (Å²) in [4.78, 5) is 6.57. The fourth-order valence-electron chi connectivity index (χ4n) is 2.21. The Labute approximate surface area is 114 Å². The lowest BCUT2D eigenvalue weighted by Gasteiger charge is -2.24. The van der Waals surface area contributed by atoms with Crippen molar-refractivity contribution in [2.75, 3.05) is 11.9 Å². The first-order chi connectivity index (χ1) is 9.13. The van der Waals surface area contributed by atoms with Crippen LogP contribution in [0.2, 0.25) is 0 Å². The predicted molar refractivity (Wildman–Crippen MR) is 79.0 cm³/mol. The van der Waals surface area contributed by atoms with Crippen LogP contribution in [0.5, 0.6) is 0 Å². The average Bonchev–Trinajstić information content (AvgIpc) is 2.83. The highest BCUT2D eigenvalue weighted by Gasteiger charge is 2.13. The number of para-hydroxylation sites is 1. The number of benzene rings is 1. The largest absolute Gasteiger partial charge is 0.367 e. The van der Waals surface area contributed by atoms with Gasteiger partial charge in [-0.25, -0.2) is 4.98 Å². The molecule has 1 heterocycles. The highest BCUT2D eigenvalue weighted by atomic mass is 15.2. The van der Waals surface area contributed by atoms with E-state index in [0.717, 1.165) is 18.8 Å². The summed E-state index contributed by atoms with van der Waals surface area (Å²) in [6, 6.07) is 8.41. The van der Waals surface area contributed by atoms with E-state index in [4.69, 9.17) is 5.73 Å². The van der Waals surface area contributed by atoms with Gasteiger partial charge in [0.1, 0.15) is 5.82 Å². The number of nitrogens with two attached hydrogens (primary N) is 1. The molecule has 0 bridgehead atoms. The van der Waals surface area contributed by atoms with E-state index in [2.05, 4.69) is 42.1 Å². The van der Waals surface area contributed by atoms with Crippen molar-refractivity contribution in [3.05, 3.63) is 48.0 Å². The van der Waals surface area contributed by atoms with E-state index in [1.54, 1.807) is 0 Å². The van der Waals surface area contributed by atoms with Crippen molar-refractivity contribution < 1.29 is 0 Å². The first-order valence-electron chi connectivity index (χ1n) is 6.65. The minimum absolute atomic E-state index is 0.0834. The van der Waals surface area contributed by atoms with E-state index in [0.29, 0.717) is 0 Å². The number of rotatable bonds is 5. The lowest BCUT2D eigenvalue weighted by Crippen LogP contribution is -2.22. The maximum absolute atomic E-state index is 6.19. The van der Waals surface area contributed by atoms with Gasteiger partial charge in [0.2, 0.25) is 0 Å². The van der Waals surface area contributed by atoms with E-state index < -0.39 is 0 Å². The SMILES string of the molecule is CCC(N)c1ccccc1N(C)Cc1nccn1C. The second-order valence-electron chi connectivity index (χ2n) is 4.88. The third kappa shape index (κ3) is 2.96. The molecule has 0 radical (unpaired) electrons. The van der Waals surface area contributed by atoms with E-state index >= 15 is 0 Å². The molecule has 1 atom stereocenters. The molecule has 2 rings (SSSR count). The summed E-state index contributed by atoms with van der Waals surface area (Å²) in [5.41, 5.74) is 8.57. The first-order valence-corrected chi connectivity index (χ1v) is 6.65. The van der Waals surface area contributed by atoms with Crippen molar-refractivity contribution in [1.82, 2.24) is 9.55 Å². The van der Waals surface area contributed by atoms with Gasteiger partial charge in [0.05, 0.1) is 6.54 Å². The third-order valence-corrected chi connectivity index (χ3v) is 3.49. The quantitative estimate of drug-likeness (QED) is 0.896. The van der Waals surface area contributed by atoms with Crippen molar-refractivity contribution in [2.45, 2.75) is 25.9 Å². The second-order valence-corrected chi connectivity index (χ2v) is 4.88. The van der Waals surface area contributed by atoms with E-state index in [1.165, 1.54) is 11.3 Å². The molecule has 0 saturated heterocycles. The van der Waals surface area contributed by atoms with Gasteiger partial charge in [-0.2, -0.15) is 0 Å². The summed E-state index contributed by atoms with van der Waals surface area (Å²) >= 11 is 0. The molecule has 2 aromatic rings. The zero-order chi connectivity index (χ0) is 13.8. The van der Waals surface area contributed by atoms with Gasteiger partial charge in [0.15, 0.2) is 0 Å². The molecule has 0 amide bonds. The Morgan fingerprint density at radius 2 is 2.11 bits per heavy atom. The summed E-state index contributed by atoms with van der Waals surface area (Å²) in [6.07, 6.45) is 4.73. The average molecular weight is 258 g/mol. The lowest BCUT2D eigenvalue weighted by atomic mass is 10.0. The van der Waals surface area contributed by atoms with Crippen LogP contribution < -0.4 is 10.6 Å². The molecule has 2 N–H and O–H groups in total. The maximum Gasteiger partial charge on any atom is 0.127 e. The van der Waals surface area contributed by atoms with Crippen LogP contribution in [0, 0.1) is 0 Å². The number of hydrogen-bond donors (Lipinski definition) is 1. The number of aromatic nitrogens is 2. The molecule has 1 aromatic heterocycles. The van der Waals surface area contributed by atoms with Crippen LogP contribution >= 0.6 is 0 Å². The van der Waals surface area contributed by atoms with Gasteiger partial charge < -0.3 is 15.2 Å². The Morgan fingerprint density at radius 1 is 1.37 bits per heavy atom. The van der Waals surface area contributed by atoms with Gasteiger partial charge in [-0.15, -0.1) is 0 Å². The maximum atomic E-state index is 6.19. The highest BCUT2D eigenvalue weighted by Crippen LogP contribution is 2.26. The highest BCUT2D eigenvalue weighted by molar-refractivity contribution is 5.54. The van der Waals surface area contributed by atoms with Crippen molar-refractivity contribution in [3.8, 4) is 0 Å². The normalized spacial score (nSPS) is 12.4. The summed E-state index contributed by atoms with van der Waals surface area (Å²) in [7, 11) is 4.09. The summed E-state index contributed by atoms with van der Waals surface area (Å²) in [5, 5.41) is 0. The van der Waals surface area contributed by atoms with Crippen molar-refractivity contribution in [2.24, 2.45) is 12.8 Å². The molecule has 4 heteroatoms. The van der Waals surface area contributed by atoms with Gasteiger partial charge in [-0.05, 0) is 18.1 Å². The molecule has 1 unspecified atom stereocenters. The van der Waals surface area contributed by atoms with Gasteiger partial charge in [-0.1, -0.05) is 25.1 Å². The summed E-state index contributed by atoms with van der Waals surface area (Å²) in [6.45, 7) is 2.89. The molecule has 0 aliphatic heterocycles. The van der Waals surface area contributed by atoms with Crippen LogP contribution in [0.4, 0.5) is 5.69 Å². The van der Waals surface area contributed by atoms with Crippen LogP contribution in [-0.2, 0) is 13.6 Å². The molecule has 0 saturated carbocycles. The van der Waals surface area contributed by atoms with E-state index in [-0.39, 0.29) is 6.04 Å². The summed E-state index contributed by atoms with van der Waals surface area (Å²) < 4.78 is 2.04. The zero-order valence-electron chi connectivity index (χ0n) is 11.9. The van der Waals surface area contributed by atoms with Crippen LogP contribution in [0.3, 0.4) is 0 Å². The molecule has 0 fully saturated rings. The van der Waals surface area contributed by atoms with Crippen molar-refractivity contribution in [1.29, 1.82) is 0 Å². The van der Waals surface area contributed by atoms with Gasteiger partial charge >= 0.3 is 0 Å². The number of anilines is 1. The molecule has 0 spiro atoms. The van der Waals surface area contributed by atoms with Crippen LogP contribution in [0.1, 0.15) is 30.8 Å². The van der Waals surface area contributed by atoms with Gasteiger partial charge in [0, 0.05) is 38.2 Å². The van der Waals surface area contributed by atoms with Crippen molar-refractivity contribution in [3.63, 3.8) is 0 Å². The van der Waals surface area contributed by atoms with E-state index in [1.807, 2.05) is 30.1 Å². The standard InChI is InChI=1S/C15H22N4/c1-4-13(16)12-7-5-6-8-14(12)19(3)11-15-17-9-10-18(15)2/h5-10,13H,4,11,16H2,1-3H3. The molecular weight excluding hydrogens is 236 g/mol. The molecule has 4 nitrogen and oxygen atoms in total. The smallest absolute Gasteiger partial charge is 0.127 e. The monoisotopic (exact) mass is 258 g/mol. The number of aryl methyl sites for hydroxylation is 1. The first kappa shape index (κ1) is 13.6. The molecule has 0 aliphatic rings. The fourth-order valence-corrected chi connectivity index (χ4v) is 2.21. The van der Waals surface area contributed by atoms with Gasteiger partial charge in [0.25, 0.3) is 0 Å². The van der Waals surface area contributed by atoms with Crippen molar-refractivity contribution >= 4 is 5.69 Å². The molecule has 0 aliphatic carbocycles. The Bertz CT molecular complexity index is 532. The minimum Gasteiger partial charge on any atom is -0.367 e. The molecular formula is C15H22N4. The predicted octanol–water partition coefficient (Wildman–Crippen LogP) is 2.47. The Balaban J connectivity index is 2.24. The fraction of sp³-hybridized carbons (Fsp3) is 0.400. The van der Waals surface area contributed by atoms with E-state index in [9.17, 15) is 0 Å². The number of hydrogen-bond acceptors (Lipinski definition) is 3. The van der Waals surface area contributed by atoms with Crippen LogP contribution in [0.25, 0.3) is 0 Å². The zero-order valence-corrected chi connectivity index (χ0v) is 11.9. The Hall–Kier alpha value is -1.81. The molecule has 102 valence electrons. The molecule has 1 aromatic carbocycles. The Morgan fingerprint density at radius 3 is 2.74 bits per heavy atom. The van der Waals surface area contributed by atoms with Crippen LogP contribution in [0.15, 0.2) is 36.7 Å². The minimum atomic E-state index is 0.0834. The lowest BCUT2D eigenvalue weighted by molar-refractivity contribution is 0.689. The molecule has 19 heavy (non-hydrogen) atoms. The topological polar surface area (TPSA) is 47.1 Å².